The van der Waals surface area contributed by atoms with E-state index in [0.29, 0.717) is 32.8 Å². The number of halogens is 2. The van der Waals surface area contributed by atoms with Crippen LogP contribution in [-0.2, 0) is 0 Å². The Morgan fingerprint density at radius 3 is 2.61 bits per heavy atom. The van der Waals surface area contributed by atoms with E-state index in [9.17, 15) is 4.79 Å². The molecule has 1 heterocycles. The van der Waals surface area contributed by atoms with E-state index >= 15 is 0 Å². The number of nitrogens with one attached hydrogen (secondary N) is 2. The highest BCUT2D eigenvalue weighted by Crippen LogP contribution is 2.31. The molecule has 9 heteroatoms. The highest BCUT2D eigenvalue weighted by atomic mass is 35.5. The maximum Gasteiger partial charge on any atom is 0.289 e. The molecule has 3 aromatic rings. The van der Waals surface area contributed by atoms with Crippen LogP contribution in [0.5, 0.6) is 11.5 Å². The van der Waals surface area contributed by atoms with Crippen molar-refractivity contribution >= 4 is 35.3 Å². The number of H-pyrrole nitrogens is 1. The van der Waals surface area contributed by atoms with Gasteiger partial charge >= 0.3 is 0 Å². The van der Waals surface area contributed by atoms with Crippen molar-refractivity contribution in [3.05, 3.63) is 63.8 Å². The zero-order valence-corrected chi connectivity index (χ0v) is 16.5. The summed E-state index contributed by atoms with van der Waals surface area (Å²) in [5.74, 6) is 0.731. The third kappa shape index (κ3) is 4.44. The van der Waals surface area contributed by atoms with Gasteiger partial charge in [0.25, 0.3) is 5.91 Å². The van der Waals surface area contributed by atoms with Gasteiger partial charge in [0, 0.05) is 16.1 Å². The minimum absolute atomic E-state index is 0.254. The maximum atomic E-state index is 12.2. The fourth-order valence-corrected chi connectivity index (χ4v) is 2.87. The number of aromatic amines is 1. The van der Waals surface area contributed by atoms with Crippen LogP contribution in [0.2, 0.25) is 10.0 Å². The number of nitrogens with zero attached hydrogens (tertiary/aromatic N) is 2. The Morgan fingerprint density at radius 2 is 1.89 bits per heavy atom. The molecule has 0 aliphatic carbocycles. The van der Waals surface area contributed by atoms with E-state index in [2.05, 4.69) is 20.7 Å². The molecule has 0 aliphatic heterocycles. The van der Waals surface area contributed by atoms with Crippen molar-refractivity contribution in [2.75, 3.05) is 14.2 Å². The first-order valence-corrected chi connectivity index (χ1v) is 8.83. The SMILES string of the molecule is COc1ccc(-c2cc(C(=O)N/N=C/c3ccc(Cl)cc3Cl)[nH]n2)cc1OC. The lowest BCUT2D eigenvalue weighted by Gasteiger charge is -2.08. The molecule has 0 radical (unpaired) electrons. The molecule has 3 rings (SSSR count). The van der Waals surface area contributed by atoms with Crippen LogP contribution in [0.4, 0.5) is 0 Å². The molecule has 0 unspecified atom stereocenters. The molecule has 0 fully saturated rings. The molecule has 7 nitrogen and oxygen atoms in total. The largest absolute Gasteiger partial charge is 0.493 e. The summed E-state index contributed by atoms with van der Waals surface area (Å²) in [6.45, 7) is 0. The van der Waals surface area contributed by atoms with Gasteiger partial charge in [0.1, 0.15) is 5.69 Å². The van der Waals surface area contributed by atoms with Crippen LogP contribution < -0.4 is 14.9 Å². The summed E-state index contributed by atoms with van der Waals surface area (Å²) in [5, 5.41) is 11.7. The van der Waals surface area contributed by atoms with Gasteiger partial charge in [-0.3, -0.25) is 9.89 Å². The molecule has 2 aromatic carbocycles. The van der Waals surface area contributed by atoms with E-state index in [0.717, 1.165) is 5.56 Å². The van der Waals surface area contributed by atoms with E-state index in [1.165, 1.54) is 6.21 Å². The van der Waals surface area contributed by atoms with E-state index in [4.69, 9.17) is 32.7 Å². The molecule has 0 saturated carbocycles. The third-order valence-corrected chi connectivity index (χ3v) is 4.40. The second-order valence-electron chi connectivity index (χ2n) is 5.60. The van der Waals surface area contributed by atoms with Crippen LogP contribution in [0.25, 0.3) is 11.3 Å². The number of rotatable bonds is 6. The molecule has 0 aliphatic rings. The Balaban J connectivity index is 1.71. The lowest BCUT2D eigenvalue weighted by atomic mass is 10.1. The molecule has 1 amide bonds. The summed E-state index contributed by atoms with van der Waals surface area (Å²) in [5.41, 5.74) is 4.65. The molecule has 1 aromatic heterocycles. The normalized spacial score (nSPS) is 10.9. The summed E-state index contributed by atoms with van der Waals surface area (Å²) < 4.78 is 10.5. The number of benzene rings is 2. The summed E-state index contributed by atoms with van der Waals surface area (Å²) >= 11 is 11.9. The second kappa shape index (κ2) is 8.77. The lowest BCUT2D eigenvalue weighted by Crippen LogP contribution is -2.18. The average Bonchev–Trinajstić information content (AvgIpc) is 3.19. The number of amides is 1. The molecule has 144 valence electrons. The van der Waals surface area contributed by atoms with Gasteiger partial charge in [0.05, 0.1) is 31.2 Å². The summed E-state index contributed by atoms with van der Waals surface area (Å²) in [6.07, 6.45) is 1.43. The van der Waals surface area contributed by atoms with Crippen LogP contribution in [0.15, 0.2) is 47.6 Å². The fraction of sp³-hybridized carbons (Fsp3) is 0.105. The highest BCUT2D eigenvalue weighted by molar-refractivity contribution is 6.36. The van der Waals surface area contributed by atoms with Crippen molar-refractivity contribution in [1.82, 2.24) is 15.6 Å². The van der Waals surface area contributed by atoms with E-state index in [-0.39, 0.29) is 5.69 Å². The molecule has 0 saturated heterocycles. The summed E-state index contributed by atoms with van der Waals surface area (Å²) in [4.78, 5) is 12.2. The van der Waals surface area contributed by atoms with Crippen molar-refractivity contribution in [3.8, 4) is 22.8 Å². The number of ether oxygens (including phenoxy) is 2. The minimum atomic E-state index is -0.444. The Hall–Kier alpha value is -3.03. The van der Waals surface area contributed by atoms with E-state index in [1.807, 2.05) is 6.07 Å². The Morgan fingerprint density at radius 1 is 1.11 bits per heavy atom. The molecular formula is C19H16Cl2N4O3. The number of carbonyl (C=O) groups excluding carboxylic acids is 1. The maximum absolute atomic E-state index is 12.2. The zero-order chi connectivity index (χ0) is 20.1. The van der Waals surface area contributed by atoms with Crippen molar-refractivity contribution in [2.45, 2.75) is 0 Å². The third-order valence-electron chi connectivity index (χ3n) is 3.83. The first kappa shape index (κ1) is 19.7. The zero-order valence-electron chi connectivity index (χ0n) is 15.0. The monoisotopic (exact) mass is 418 g/mol. The summed E-state index contributed by atoms with van der Waals surface area (Å²) in [7, 11) is 3.11. The predicted octanol–water partition coefficient (Wildman–Crippen LogP) is 4.16. The molecular weight excluding hydrogens is 403 g/mol. The van der Waals surface area contributed by atoms with Gasteiger partial charge in [-0.2, -0.15) is 10.2 Å². The number of hydrogen-bond acceptors (Lipinski definition) is 5. The fourth-order valence-electron chi connectivity index (χ4n) is 2.41. The Labute approximate surface area is 171 Å². The molecule has 0 spiro atoms. The van der Waals surface area contributed by atoms with Crippen LogP contribution in [-0.4, -0.2) is 36.5 Å². The number of methoxy groups -OCH3 is 2. The summed E-state index contributed by atoms with van der Waals surface area (Å²) in [6, 6.07) is 11.9. The van der Waals surface area contributed by atoms with Crippen molar-refractivity contribution in [1.29, 1.82) is 0 Å². The second-order valence-corrected chi connectivity index (χ2v) is 6.45. The predicted molar refractivity (Wildman–Crippen MR) is 109 cm³/mol. The smallest absolute Gasteiger partial charge is 0.289 e. The number of aromatic nitrogens is 2. The van der Waals surface area contributed by atoms with E-state index in [1.54, 1.807) is 50.6 Å². The van der Waals surface area contributed by atoms with Gasteiger partial charge in [-0.15, -0.1) is 0 Å². The van der Waals surface area contributed by atoms with Gasteiger partial charge < -0.3 is 9.47 Å². The van der Waals surface area contributed by atoms with Gasteiger partial charge in [-0.25, -0.2) is 5.43 Å². The Bertz CT molecular complexity index is 1030. The topological polar surface area (TPSA) is 88.6 Å². The average molecular weight is 419 g/mol. The van der Waals surface area contributed by atoms with Crippen molar-refractivity contribution in [3.63, 3.8) is 0 Å². The number of hydrazone groups is 1. The number of hydrogen-bond donors (Lipinski definition) is 2. The lowest BCUT2D eigenvalue weighted by molar-refractivity contribution is 0.0950. The van der Waals surface area contributed by atoms with Gasteiger partial charge in [-0.05, 0) is 36.4 Å². The number of carbonyl (C=O) groups is 1. The highest BCUT2D eigenvalue weighted by Gasteiger charge is 2.12. The van der Waals surface area contributed by atoms with Crippen molar-refractivity contribution in [2.24, 2.45) is 5.10 Å². The van der Waals surface area contributed by atoms with Gasteiger partial charge in [0.2, 0.25) is 0 Å². The van der Waals surface area contributed by atoms with Crippen molar-refractivity contribution < 1.29 is 14.3 Å². The van der Waals surface area contributed by atoms with Gasteiger partial charge in [-0.1, -0.05) is 29.3 Å². The minimum Gasteiger partial charge on any atom is -0.493 e. The van der Waals surface area contributed by atoms with E-state index < -0.39 is 5.91 Å². The molecule has 0 bridgehead atoms. The molecule has 2 N–H and O–H groups in total. The molecule has 28 heavy (non-hydrogen) atoms. The Kier molecular flexibility index (Phi) is 6.18. The quantitative estimate of drug-likeness (QED) is 0.464. The standard InChI is InChI=1S/C19H16Cl2N4O3/c1-27-17-6-4-11(7-18(17)28-2)15-9-16(24-23-15)19(26)25-22-10-12-3-5-13(20)8-14(12)21/h3-10H,1-2H3,(H,23,24)(H,25,26)/b22-10+. The first-order valence-electron chi connectivity index (χ1n) is 8.08. The van der Waals surface area contributed by atoms with Crippen LogP contribution in [0.1, 0.15) is 16.1 Å². The first-order chi connectivity index (χ1) is 13.5. The van der Waals surface area contributed by atoms with Crippen LogP contribution >= 0.6 is 23.2 Å². The van der Waals surface area contributed by atoms with Crippen LogP contribution in [0, 0.1) is 0 Å². The molecule has 0 atom stereocenters. The van der Waals surface area contributed by atoms with Crippen LogP contribution in [0.3, 0.4) is 0 Å². The van der Waals surface area contributed by atoms with Gasteiger partial charge in [0.15, 0.2) is 11.5 Å².